The number of hydrogen-bond donors (Lipinski definition) is 1. The van der Waals surface area contributed by atoms with E-state index >= 15 is 0 Å². The molecule has 2 aliphatic rings. The van der Waals surface area contributed by atoms with Gasteiger partial charge in [-0.3, -0.25) is 4.79 Å². The Bertz CT molecular complexity index is 520. The molecule has 1 aliphatic carbocycles. The van der Waals surface area contributed by atoms with Gasteiger partial charge in [0.15, 0.2) is 0 Å². The van der Waals surface area contributed by atoms with Gasteiger partial charge in [0.25, 0.3) is 5.91 Å². The largest absolute Gasteiger partial charge is 0.339 e. The van der Waals surface area contributed by atoms with Gasteiger partial charge in [-0.1, -0.05) is 22.0 Å². The topological polar surface area (TPSA) is 32.3 Å². The van der Waals surface area contributed by atoms with Crippen LogP contribution in [0, 0.1) is 12.8 Å². The van der Waals surface area contributed by atoms with Crippen LogP contribution in [0.4, 0.5) is 0 Å². The zero-order valence-electron chi connectivity index (χ0n) is 12.6. The monoisotopic (exact) mass is 350 g/mol. The molecule has 1 aromatic carbocycles. The molecule has 0 bridgehead atoms. The van der Waals surface area contributed by atoms with Crippen molar-refractivity contribution in [1.82, 2.24) is 10.2 Å². The fourth-order valence-corrected chi connectivity index (χ4v) is 3.30. The molecule has 1 saturated heterocycles. The van der Waals surface area contributed by atoms with Gasteiger partial charge in [0.2, 0.25) is 0 Å². The molecule has 0 radical (unpaired) electrons. The lowest BCUT2D eigenvalue weighted by Gasteiger charge is -2.33. The molecule has 1 aromatic rings. The maximum absolute atomic E-state index is 12.6. The Morgan fingerprint density at radius 2 is 2.00 bits per heavy atom. The summed E-state index contributed by atoms with van der Waals surface area (Å²) in [5, 5.41) is 3.66. The fraction of sp³-hybridized carbons (Fsp3) is 0.588. The average Bonchev–Trinajstić information content (AvgIpc) is 3.32. The summed E-state index contributed by atoms with van der Waals surface area (Å²) in [6.07, 6.45) is 4.94. The van der Waals surface area contributed by atoms with Crippen molar-refractivity contribution < 1.29 is 4.79 Å². The molecular weight excluding hydrogens is 328 g/mol. The molecule has 2 fully saturated rings. The minimum Gasteiger partial charge on any atom is -0.339 e. The molecule has 3 nitrogen and oxygen atoms in total. The Balaban J connectivity index is 1.55. The number of halogens is 1. The summed E-state index contributed by atoms with van der Waals surface area (Å²) < 4.78 is 0.970. The maximum atomic E-state index is 12.6. The van der Waals surface area contributed by atoms with E-state index in [4.69, 9.17) is 0 Å². The summed E-state index contributed by atoms with van der Waals surface area (Å²) in [4.78, 5) is 14.6. The van der Waals surface area contributed by atoms with Crippen molar-refractivity contribution >= 4 is 21.8 Å². The van der Waals surface area contributed by atoms with Crippen molar-refractivity contribution in [3.05, 3.63) is 33.8 Å². The van der Waals surface area contributed by atoms with E-state index < -0.39 is 0 Å². The molecule has 3 rings (SSSR count). The summed E-state index contributed by atoms with van der Waals surface area (Å²) in [6.45, 7) is 4.91. The summed E-state index contributed by atoms with van der Waals surface area (Å²) in [6, 6.07) is 6.52. The van der Waals surface area contributed by atoms with Crippen LogP contribution in [0.2, 0.25) is 0 Å². The molecule has 114 valence electrons. The minimum atomic E-state index is 0.175. The van der Waals surface area contributed by atoms with Crippen molar-refractivity contribution in [2.45, 2.75) is 38.6 Å². The first kappa shape index (κ1) is 15.0. The number of rotatable bonds is 4. The molecule has 4 heteroatoms. The molecule has 0 atom stereocenters. The smallest absolute Gasteiger partial charge is 0.254 e. The molecule has 0 aromatic heterocycles. The van der Waals surface area contributed by atoms with Crippen LogP contribution in [0.1, 0.15) is 41.6 Å². The molecular formula is C17H23BrN2O. The standard InChI is InChI=1S/C17H23BrN2O/c1-12-2-5-14(18)10-16(12)17(21)20-8-6-15(7-9-20)19-11-13-3-4-13/h2,5,10,13,15,19H,3-4,6-9,11H2,1H3. The number of carbonyl (C=O) groups is 1. The van der Waals surface area contributed by atoms with E-state index in [2.05, 4.69) is 21.2 Å². The second-order valence-corrected chi connectivity index (χ2v) is 7.29. The lowest BCUT2D eigenvalue weighted by atomic mass is 10.0. The number of likely N-dealkylation sites (tertiary alicyclic amines) is 1. The van der Waals surface area contributed by atoms with E-state index in [1.165, 1.54) is 19.4 Å². The number of amides is 1. The number of benzene rings is 1. The molecule has 1 amide bonds. The number of nitrogens with one attached hydrogen (secondary N) is 1. The zero-order valence-corrected chi connectivity index (χ0v) is 14.2. The van der Waals surface area contributed by atoms with Crippen LogP contribution < -0.4 is 5.32 Å². The Hall–Kier alpha value is -0.870. The van der Waals surface area contributed by atoms with Gasteiger partial charge < -0.3 is 10.2 Å². The van der Waals surface area contributed by atoms with Gasteiger partial charge in [-0.2, -0.15) is 0 Å². The van der Waals surface area contributed by atoms with Crippen LogP contribution >= 0.6 is 15.9 Å². The normalized spacial score (nSPS) is 19.8. The van der Waals surface area contributed by atoms with Gasteiger partial charge in [0.1, 0.15) is 0 Å². The zero-order chi connectivity index (χ0) is 14.8. The highest BCUT2D eigenvalue weighted by molar-refractivity contribution is 9.10. The summed E-state index contributed by atoms with van der Waals surface area (Å²) >= 11 is 3.46. The highest BCUT2D eigenvalue weighted by atomic mass is 79.9. The summed E-state index contributed by atoms with van der Waals surface area (Å²) in [7, 11) is 0. The Morgan fingerprint density at radius 1 is 1.29 bits per heavy atom. The van der Waals surface area contributed by atoms with Crippen molar-refractivity contribution in [2.24, 2.45) is 5.92 Å². The van der Waals surface area contributed by atoms with Crippen LogP contribution in [0.3, 0.4) is 0 Å². The molecule has 21 heavy (non-hydrogen) atoms. The first-order chi connectivity index (χ1) is 10.1. The number of aryl methyl sites for hydroxylation is 1. The lowest BCUT2D eigenvalue weighted by molar-refractivity contribution is 0.0704. The van der Waals surface area contributed by atoms with Gasteiger partial charge >= 0.3 is 0 Å². The van der Waals surface area contributed by atoms with Gasteiger partial charge in [-0.25, -0.2) is 0 Å². The van der Waals surface area contributed by atoms with E-state index in [0.29, 0.717) is 6.04 Å². The van der Waals surface area contributed by atoms with Crippen LogP contribution in [0.25, 0.3) is 0 Å². The number of carbonyl (C=O) groups excluding carboxylic acids is 1. The predicted octanol–water partition coefficient (Wildman–Crippen LogP) is 3.36. The minimum absolute atomic E-state index is 0.175. The third kappa shape index (κ3) is 3.86. The van der Waals surface area contributed by atoms with Crippen molar-refractivity contribution in [3.8, 4) is 0 Å². The molecule has 1 saturated carbocycles. The van der Waals surface area contributed by atoms with Crippen molar-refractivity contribution in [1.29, 1.82) is 0 Å². The van der Waals surface area contributed by atoms with Crippen molar-refractivity contribution in [3.63, 3.8) is 0 Å². The second-order valence-electron chi connectivity index (χ2n) is 6.38. The summed E-state index contributed by atoms with van der Waals surface area (Å²) in [5.74, 6) is 1.10. The van der Waals surface area contributed by atoms with Crippen LogP contribution in [-0.2, 0) is 0 Å². The van der Waals surface area contributed by atoms with Crippen LogP contribution in [-0.4, -0.2) is 36.5 Å². The van der Waals surface area contributed by atoms with Crippen LogP contribution in [0.15, 0.2) is 22.7 Å². The predicted molar refractivity (Wildman–Crippen MR) is 88.5 cm³/mol. The Kier molecular flexibility index (Phi) is 4.65. The first-order valence-electron chi connectivity index (χ1n) is 7.92. The molecule has 1 aliphatic heterocycles. The first-order valence-corrected chi connectivity index (χ1v) is 8.71. The third-order valence-corrected chi connectivity index (χ3v) is 5.10. The highest BCUT2D eigenvalue weighted by Crippen LogP contribution is 2.28. The number of hydrogen-bond acceptors (Lipinski definition) is 2. The molecule has 0 spiro atoms. The molecule has 1 heterocycles. The second kappa shape index (κ2) is 6.49. The van der Waals surface area contributed by atoms with Crippen molar-refractivity contribution in [2.75, 3.05) is 19.6 Å². The van der Waals surface area contributed by atoms with E-state index in [1.807, 2.05) is 30.0 Å². The van der Waals surface area contributed by atoms with E-state index in [0.717, 1.165) is 47.4 Å². The van der Waals surface area contributed by atoms with E-state index in [1.54, 1.807) is 0 Å². The van der Waals surface area contributed by atoms with Gasteiger partial charge in [-0.15, -0.1) is 0 Å². The van der Waals surface area contributed by atoms with E-state index in [9.17, 15) is 4.79 Å². The van der Waals surface area contributed by atoms with Gasteiger partial charge in [0.05, 0.1) is 0 Å². The van der Waals surface area contributed by atoms with Gasteiger partial charge in [-0.05, 0) is 62.8 Å². The van der Waals surface area contributed by atoms with Crippen LogP contribution in [0.5, 0.6) is 0 Å². The summed E-state index contributed by atoms with van der Waals surface area (Å²) in [5.41, 5.74) is 1.88. The molecule has 0 unspecified atom stereocenters. The number of nitrogens with zero attached hydrogens (tertiary/aromatic N) is 1. The Morgan fingerprint density at radius 3 is 2.67 bits per heavy atom. The Labute approximate surface area is 135 Å². The highest BCUT2D eigenvalue weighted by Gasteiger charge is 2.26. The third-order valence-electron chi connectivity index (χ3n) is 4.60. The maximum Gasteiger partial charge on any atom is 0.254 e. The molecule has 1 N–H and O–H groups in total. The number of piperidine rings is 1. The quantitative estimate of drug-likeness (QED) is 0.902. The van der Waals surface area contributed by atoms with Gasteiger partial charge in [0, 0.05) is 29.2 Å². The fourth-order valence-electron chi connectivity index (χ4n) is 2.94. The SMILES string of the molecule is Cc1ccc(Br)cc1C(=O)N1CCC(NCC2CC2)CC1. The average molecular weight is 351 g/mol. The lowest BCUT2D eigenvalue weighted by Crippen LogP contribution is -2.45. The van der Waals surface area contributed by atoms with E-state index in [-0.39, 0.29) is 5.91 Å².